The molecule has 24 heavy (non-hydrogen) atoms. The van der Waals surface area contributed by atoms with Gasteiger partial charge in [-0.25, -0.2) is 4.98 Å². The zero-order chi connectivity index (χ0) is 17.5. The average molecular weight is 330 g/mol. The SMILES string of the molecule is CCc1cc(Nc2ccc3c(c2)COC3)nc(N(C)C)n1.O=CO. The van der Waals surface area contributed by atoms with Gasteiger partial charge in [0.1, 0.15) is 5.82 Å². The van der Waals surface area contributed by atoms with Gasteiger partial charge in [0.05, 0.1) is 13.2 Å². The van der Waals surface area contributed by atoms with Crippen molar-refractivity contribution in [3.8, 4) is 0 Å². The van der Waals surface area contributed by atoms with Crippen LogP contribution in [0.2, 0.25) is 0 Å². The Hall–Kier alpha value is -2.67. The van der Waals surface area contributed by atoms with Crippen LogP contribution < -0.4 is 10.2 Å². The normalized spacial score (nSPS) is 12.0. The highest BCUT2D eigenvalue weighted by Gasteiger charge is 2.12. The van der Waals surface area contributed by atoms with E-state index in [2.05, 4.69) is 40.4 Å². The first-order valence-corrected chi connectivity index (χ1v) is 7.67. The number of hydrogen-bond donors (Lipinski definition) is 2. The minimum atomic E-state index is -0.250. The minimum absolute atomic E-state index is 0.250. The van der Waals surface area contributed by atoms with Crippen molar-refractivity contribution >= 4 is 23.9 Å². The van der Waals surface area contributed by atoms with Gasteiger partial charge >= 0.3 is 0 Å². The first-order chi connectivity index (χ1) is 11.6. The quantitative estimate of drug-likeness (QED) is 0.833. The lowest BCUT2D eigenvalue weighted by atomic mass is 10.1. The highest BCUT2D eigenvalue weighted by atomic mass is 16.5. The van der Waals surface area contributed by atoms with Crippen LogP contribution in [0.25, 0.3) is 0 Å². The molecule has 3 rings (SSSR count). The Balaban J connectivity index is 0.000000647. The number of nitrogens with one attached hydrogen (secondary N) is 1. The lowest BCUT2D eigenvalue weighted by molar-refractivity contribution is -0.122. The number of benzene rings is 1. The number of carbonyl (C=O) groups is 1. The smallest absolute Gasteiger partial charge is 0.290 e. The summed E-state index contributed by atoms with van der Waals surface area (Å²) >= 11 is 0. The fraction of sp³-hybridized carbons (Fsp3) is 0.353. The molecule has 0 unspecified atom stereocenters. The maximum atomic E-state index is 8.36. The van der Waals surface area contributed by atoms with E-state index in [4.69, 9.17) is 14.6 Å². The van der Waals surface area contributed by atoms with Crippen LogP contribution in [0, 0.1) is 0 Å². The molecule has 1 aliphatic heterocycles. The van der Waals surface area contributed by atoms with Gasteiger partial charge in [0, 0.05) is 31.5 Å². The Morgan fingerprint density at radius 2 is 1.96 bits per heavy atom. The number of aryl methyl sites for hydroxylation is 1. The van der Waals surface area contributed by atoms with Crippen LogP contribution in [0.4, 0.5) is 17.5 Å². The third-order valence-corrected chi connectivity index (χ3v) is 3.52. The second-order valence-corrected chi connectivity index (χ2v) is 5.50. The number of hydrogen-bond acceptors (Lipinski definition) is 6. The Kier molecular flexibility index (Phi) is 6.08. The lowest BCUT2D eigenvalue weighted by Gasteiger charge is -2.14. The second kappa shape index (κ2) is 8.26. The van der Waals surface area contributed by atoms with Crippen LogP contribution >= 0.6 is 0 Å². The molecule has 0 amide bonds. The predicted molar refractivity (Wildman–Crippen MR) is 92.6 cm³/mol. The molecule has 128 valence electrons. The molecule has 1 aromatic heterocycles. The summed E-state index contributed by atoms with van der Waals surface area (Å²) in [5.74, 6) is 1.55. The summed E-state index contributed by atoms with van der Waals surface area (Å²) in [6, 6.07) is 8.30. The summed E-state index contributed by atoms with van der Waals surface area (Å²) in [7, 11) is 3.90. The van der Waals surface area contributed by atoms with Crippen LogP contribution in [-0.2, 0) is 29.2 Å². The van der Waals surface area contributed by atoms with E-state index in [9.17, 15) is 0 Å². The zero-order valence-electron chi connectivity index (χ0n) is 14.1. The molecular weight excluding hydrogens is 308 g/mol. The summed E-state index contributed by atoms with van der Waals surface area (Å²) < 4.78 is 5.45. The van der Waals surface area contributed by atoms with Crippen LogP contribution in [0.15, 0.2) is 24.3 Å². The summed E-state index contributed by atoms with van der Waals surface area (Å²) in [6.07, 6.45) is 0.885. The van der Waals surface area contributed by atoms with Gasteiger partial charge in [0.25, 0.3) is 6.47 Å². The van der Waals surface area contributed by atoms with Crippen molar-refractivity contribution in [2.75, 3.05) is 24.3 Å². The van der Waals surface area contributed by atoms with Crippen molar-refractivity contribution in [3.05, 3.63) is 41.1 Å². The van der Waals surface area contributed by atoms with Crippen molar-refractivity contribution in [2.24, 2.45) is 0 Å². The maximum absolute atomic E-state index is 8.36. The molecule has 0 radical (unpaired) electrons. The van der Waals surface area contributed by atoms with E-state index < -0.39 is 0 Å². The van der Waals surface area contributed by atoms with Crippen LogP contribution in [-0.4, -0.2) is 35.6 Å². The number of carboxylic acid groups (broad SMARTS) is 1. The highest BCUT2D eigenvalue weighted by molar-refractivity contribution is 5.59. The Bertz CT molecular complexity index is 704. The van der Waals surface area contributed by atoms with Gasteiger partial charge < -0.3 is 20.1 Å². The monoisotopic (exact) mass is 330 g/mol. The van der Waals surface area contributed by atoms with E-state index >= 15 is 0 Å². The maximum Gasteiger partial charge on any atom is 0.290 e. The second-order valence-electron chi connectivity index (χ2n) is 5.50. The zero-order valence-corrected chi connectivity index (χ0v) is 14.1. The fourth-order valence-corrected chi connectivity index (χ4v) is 2.33. The van der Waals surface area contributed by atoms with Gasteiger partial charge in [0.2, 0.25) is 5.95 Å². The molecule has 0 atom stereocenters. The van der Waals surface area contributed by atoms with Gasteiger partial charge in [-0.05, 0) is 29.7 Å². The molecule has 2 aromatic rings. The third kappa shape index (κ3) is 4.42. The van der Waals surface area contributed by atoms with E-state index in [1.54, 1.807) is 0 Å². The number of nitrogens with zero attached hydrogens (tertiary/aromatic N) is 3. The van der Waals surface area contributed by atoms with Gasteiger partial charge in [-0.3, -0.25) is 4.79 Å². The number of aromatic nitrogens is 2. The molecule has 7 nitrogen and oxygen atoms in total. The first-order valence-electron chi connectivity index (χ1n) is 7.67. The topological polar surface area (TPSA) is 87.6 Å². The van der Waals surface area contributed by atoms with Gasteiger partial charge in [0.15, 0.2) is 0 Å². The lowest BCUT2D eigenvalue weighted by Crippen LogP contribution is -2.14. The summed E-state index contributed by atoms with van der Waals surface area (Å²) in [4.78, 5) is 19.3. The van der Waals surface area contributed by atoms with E-state index in [0.717, 1.165) is 29.6 Å². The van der Waals surface area contributed by atoms with Crippen molar-refractivity contribution in [2.45, 2.75) is 26.6 Å². The third-order valence-electron chi connectivity index (χ3n) is 3.52. The van der Waals surface area contributed by atoms with Crippen LogP contribution in [0.3, 0.4) is 0 Å². The van der Waals surface area contributed by atoms with Gasteiger partial charge in [-0.15, -0.1) is 0 Å². The standard InChI is InChI=1S/C16H20N4O.CH2O2/c1-4-13-8-15(19-16(18-13)20(2)3)17-14-6-5-11-9-21-10-12(11)7-14;2-1-3/h5-8H,4,9-10H2,1-3H3,(H,17,18,19);1H,(H,2,3). The molecule has 0 saturated carbocycles. The van der Waals surface area contributed by atoms with E-state index in [-0.39, 0.29) is 6.47 Å². The molecule has 0 spiro atoms. The molecule has 0 aliphatic carbocycles. The summed E-state index contributed by atoms with van der Waals surface area (Å²) in [5.41, 5.74) is 4.58. The van der Waals surface area contributed by atoms with E-state index in [1.165, 1.54) is 11.1 Å². The molecule has 1 aliphatic rings. The van der Waals surface area contributed by atoms with Gasteiger partial charge in [-0.1, -0.05) is 13.0 Å². The number of anilines is 3. The number of ether oxygens (including phenoxy) is 1. The summed E-state index contributed by atoms with van der Waals surface area (Å²) in [6.45, 7) is 3.25. The Labute approximate surface area is 141 Å². The fourth-order valence-electron chi connectivity index (χ4n) is 2.33. The average Bonchev–Trinajstić information content (AvgIpc) is 3.03. The van der Waals surface area contributed by atoms with Crippen molar-refractivity contribution in [1.82, 2.24) is 9.97 Å². The van der Waals surface area contributed by atoms with Crippen molar-refractivity contribution in [1.29, 1.82) is 0 Å². The molecular formula is C17H22N4O3. The van der Waals surface area contributed by atoms with Gasteiger partial charge in [-0.2, -0.15) is 4.98 Å². The molecule has 0 saturated heterocycles. The minimum Gasteiger partial charge on any atom is -0.483 e. The highest BCUT2D eigenvalue weighted by Crippen LogP contribution is 2.25. The molecule has 1 aromatic carbocycles. The van der Waals surface area contributed by atoms with Crippen molar-refractivity contribution in [3.63, 3.8) is 0 Å². The molecule has 7 heteroatoms. The molecule has 2 N–H and O–H groups in total. The van der Waals surface area contributed by atoms with E-state index in [0.29, 0.717) is 13.2 Å². The van der Waals surface area contributed by atoms with E-state index in [1.807, 2.05) is 25.1 Å². The molecule has 2 heterocycles. The molecule has 0 fully saturated rings. The summed E-state index contributed by atoms with van der Waals surface area (Å²) in [5, 5.41) is 10.3. The predicted octanol–water partition coefficient (Wildman–Crippen LogP) is 2.58. The van der Waals surface area contributed by atoms with Crippen LogP contribution in [0.1, 0.15) is 23.7 Å². The Morgan fingerprint density at radius 1 is 1.25 bits per heavy atom. The Morgan fingerprint density at radius 3 is 2.62 bits per heavy atom. The number of rotatable bonds is 4. The van der Waals surface area contributed by atoms with Crippen molar-refractivity contribution < 1.29 is 14.6 Å². The first kappa shape index (κ1) is 17.7. The molecule has 0 bridgehead atoms. The van der Waals surface area contributed by atoms with Crippen LogP contribution in [0.5, 0.6) is 0 Å². The largest absolute Gasteiger partial charge is 0.483 e. The number of fused-ring (bicyclic) bond motifs is 1.